The number of carbonyl (C=O) groups is 2. The molecule has 0 radical (unpaired) electrons. The maximum Gasteiger partial charge on any atom is 0.240 e. The fraction of sp³-hybridized carbons (Fsp3) is 0.300. The molecule has 132 valence electrons. The van der Waals surface area contributed by atoms with E-state index in [0.29, 0.717) is 25.7 Å². The van der Waals surface area contributed by atoms with Gasteiger partial charge in [0.25, 0.3) is 0 Å². The number of carbonyl (C=O) groups excluding carboxylic acids is 2. The van der Waals surface area contributed by atoms with Crippen LogP contribution >= 0.6 is 0 Å². The summed E-state index contributed by atoms with van der Waals surface area (Å²) in [6.07, 6.45) is 2.34. The molecule has 0 aliphatic rings. The molecule has 0 saturated heterocycles. The lowest BCUT2D eigenvalue weighted by atomic mass is 10.0. The summed E-state index contributed by atoms with van der Waals surface area (Å²) < 4.78 is 0. The second kappa shape index (κ2) is 9.59. The molecule has 0 saturated carbocycles. The molecule has 0 fully saturated rings. The third kappa shape index (κ3) is 6.39. The molecular weight excluding hydrogens is 314 g/mol. The van der Waals surface area contributed by atoms with Gasteiger partial charge in [0, 0.05) is 0 Å². The zero-order chi connectivity index (χ0) is 18.1. The number of primary amides is 1. The molecule has 2 aromatic carbocycles. The zero-order valence-electron chi connectivity index (χ0n) is 14.2. The highest BCUT2D eigenvalue weighted by Gasteiger charge is 2.21. The van der Waals surface area contributed by atoms with Crippen molar-refractivity contribution in [1.82, 2.24) is 5.32 Å². The quantitative estimate of drug-likeness (QED) is 0.646. The summed E-state index contributed by atoms with van der Waals surface area (Å²) in [4.78, 5) is 23.9. The number of hydrogen-bond acceptors (Lipinski definition) is 3. The van der Waals surface area contributed by atoms with Crippen LogP contribution in [0.4, 0.5) is 0 Å². The number of aryl methyl sites for hydroxylation is 2. The highest BCUT2D eigenvalue weighted by atomic mass is 16.2. The van der Waals surface area contributed by atoms with Crippen LogP contribution in [-0.4, -0.2) is 23.9 Å². The molecule has 0 heterocycles. The normalized spacial score (nSPS) is 13.0. The van der Waals surface area contributed by atoms with Crippen LogP contribution in [0.3, 0.4) is 0 Å². The van der Waals surface area contributed by atoms with Gasteiger partial charge < -0.3 is 16.8 Å². The number of nitrogens with two attached hydrogens (primary N) is 2. The van der Waals surface area contributed by atoms with Crippen molar-refractivity contribution in [3.8, 4) is 0 Å². The Hall–Kier alpha value is -2.66. The molecule has 25 heavy (non-hydrogen) atoms. The van der Waals surface area contributed by atoms with Gasteiger partial charge in [0.1, 0.15) is 6.04 Å². The largest absolute Gasteiger partial charge is 0.368 e. The van der Waals surface area contributed by atoms with Crippen molar-refractivity contribution in [3.63, 3.8) is 0 Å². The number of benzene rings is 2. The average Bonchev–Trinajstić information content (AvgIpc) is 2.64. The van der Waals surface area contributed by atoms with Gasteiger partial charge in [0.15, 0.2) is 0 Å². The first kappa shape index (κ1) is 18.7. The Bertz CT molecular complexity index is 674. The standard InChI is InChI=1S/C20H25N3O2/c21-17(13-11-15-7-3-1-4-8-15)20(25)23-18(19(22)24)14-12-16-9-5-2-6-10-16/h1-10,17-18H,11-14,21H2,(H2,22,24)(H,23,25)/t17-,18-/m0/s1. The Morgan fingerprint density at radius 1 is 0.840 bits per heavy atom. The van der Waals surface area contributed by atoms with Crippen LogP contribution in [0.25, 0.3) is 0 Å². The first-order valence-electron chi connectivity index (χ1n) is 8.49. The molecule has 5 N–H and O–H groups in total. The van der Waals surface area contributed by atoms with Gasteiger partial charge in [-0.2, -0.15) is 0 Å². The average molecular weight is 339 g/mol. The van der Waals surface area contributed by atoms with E-state index in [0.717, 1.165) is 11.1 Å². The number of nitrogens with one attached hydrogen (secondary N) is 1. The number of hydrogen-bond donors (Lipinski definition) is 3. The maximum absolute atomic E-state index is 12.2. The topological polar surface area (TPSA) is 98.2 Å². The smallest absolute Gasteiger partial charge is 0.240 e. The molecule has 5 nitrogen and oxygen atoms in total. The highest BCUT2D eigenvalue weighted by Crippen LogP contribution is 2.07. The summed E-state index contributed by atoms with van der Waals surface area (Å²) in [5.74, 6) is -0.882. The van der Waals surface area contributed by atoms with Gasteiger partial charge >= 0.3 is 0 Å². The molecule has 0 unspecified atom stereocenters. The molecule has 0 bridgehead atoms. The fourth-order valence-electron chi connectivity index (χ4n) is 2.62. The van der Waals surface area contributed by atoms with E-state index < -0.39 is 18.0 Å². The van der Waals surface area contributed by atoms with E-state index in [2.05, 4.69) is 5.32 Å². The van der Waals surface area contributed by atoms with Gasteiger partial charge in [0.2, 0.25) is 11.8 Å². The van der Waals surface area contributed by atoms with E-state index in [4.69, 9.17) is 11.5 Å². The van der Waals surface area contributed by atoms with Crippen molar-refractivity contribution in [2.24, 2.45) is 11.5 Å². The maximum atomic E-state index is 12.2. The van der Waals surface area contributed by atoms with Crippen LogP contribution in [-0.2, 0) is 22.4 Å². The van der Waals surface area contributed by atoms with E-state index in [1.54, 1.807) is 0 Å². The first-order valence-corrected chi connectivity index (χ1v) is 8.49. The Balaban J connectivity index is 1.83. The van der Waals surface area contributed by atoms with Crippen LogP contribution in [0, 0.1) is 0 Å². The van der Waals surface area contributed by atoms with Crippen LogP contribution < -0.4 is 16.8 Å². The number of rotatable bonds is 9. The summed E-state index contributed by atoms with van der Waals surface area (Å²) in [5, 5.41) is 2.68. The van der Waals surface area contributed by atoms with Gasteiger partial charge in [0.05, 0.1) is 6.04 Å². The van der Waals surface area contributed by atoms with E-state index in [-0.39, 0.29) is 5.91 Å². The lowest BCUT2D eigenvalue weighted by molar-refractivity contribution is -0.128. The summed E-state index contributed by atoms with van der Waals surface area (Å²) in [5.41, 5.74) is 13.6. The molecule has 2 amide bonds. The minimum absolute atomic E-state index is 0.340. The fourth-order valence-corrected chi connectivity index (χ4v) is 2.62. The minimum Gasteiger partial charge on any atom is -0.368 e. The van der Waals surface area contributed by atoms with Crippen LogP contribution in [0.15, 0.2) is 60.7 Å². The van der Waals surface area contributed by atoms with Crippen molar-refractivity contribution in [1.29, 1.82) is 0 Å². The predicted molar refractivity (Wildman–Crippen MR) is 98.6 cm³/mol. The van der Waals surface area contributed by atoms with Crippen molar-refractivity contribution < 1.29 is 9.59 Å². The molecule has 2 aromatic rings. The van der Waals surface area contributed by atoms with Crippen molar-refractivity contribution >= 4 is 11.8 Å². The van der Waals surface area contributed by atoms with Gasteiger partial charge in [-0.25, -0.2) is 0 Å². The first-order chi connectivity index (χ1) is 12.1. The molecule has 2 rings (SSSR count). The van der Waals surface area contributed by atoms with E-state index in [1.165, 1.54) is 0 Å². The Kier molecular flexibility index (Phi) is 7.16. The predicted octanol–water partition coefficient (Wildman–Crippen LogP) is 1.55. The van der Waals surface area contributed by atoms with Gasteiger partial charge in [-0.3, -0.25) is 9.59 Å². The summed E-state index contributed by atoms with van der Waals surface area (Å²) in [7, 11) is 0. The zero-order valence-corrected chi connectivity index (χ0v) is 14.2. The summed E-state index contributed by atoms with van der Waals surface area (Å²) in [6.45, 7) is 0. The highest BCUT2D eigenvalue weighted by molar-refractivity contribution is 5.88. The molecule has 5 heteroatoms. The second-order valence-corrected chi connectivity index (χ2v) is 6.12. The summed E-state index contributed by atoms with van der Waals surface area (Å²) in [6, 6.07) is 18.2. The van der Waals surface area contributed by atoms with Gasteiger partial charge in [-0.15, -0.1) is 0 Å². The van der Waals surface area contributed by atoms with E-state index >= 15 is 0 Å². The van der Waals surface area contributed by atoms with Crippen LogP contribution in [0.2, 0.25) is 0 Å². The van der Waals surface area contributed by atoms with Crippen molar-refractivity contribution in [3.05, 3.63) is 71.8 Å². The monoisotopic (exact) mass is 339 g/mol. The Labute approximate surface area is 148 Å². The van der Waals surface area contributed by atoms with Crippen molar-refractivity contribution in [2.75, 3.05) is 0 Å². The number of amides is 2. The molecule has 2 atom stereocenters. The minimum atomic E-state index is -0.713. The molecular formula is C20H25N3O2. The molecule has 0 aromatic heterocycles. The van der Waals surface area contributed by atoms with Gasteiger partial charge in [-0.1, -0.05) is 60.7 Å². The van der Waals surface area contributed by atoms with Crippen molar-refractivity contribution in [2.45, 2.75) is 37.8 Å². The third-order valence-electron chi connectivity index (χ3n) is 4.15. The van der Waals surface area contributed by atoms with Gasteiger partial charge in [-0.05, 0) is 36.8 Å². The lowest BCUT2D eigenvalue weighted by Gasteiger charge is -2.18. The Morgan fingerprint density at radius 3 is 1.80 bits per heavy atom. The lowest BCUT2D eigenvalue weighted by Crippen LogP contribution is -2.50. The summed E-state index contributed by atoms with van der Waals surface area (Å²) >= 11 is 0. The third-order valence-corrected chi connectivity index (χ3v) is 4.15. The van der Waals surface area contributed by atoms with Crippen LogP contribution in [0.1, 0.15) is 24.0 Å². The molecule has 0 spiro atoms. The molecule has 0 aliphatic heterocycles. The van der Waals surface area contributed by atoms with Crippen LogP contribution in [0.5, 0.6) is 0 Å². The Morgan fingerprint density at radius 2 is 1.32 bits per heavy atom. The molecule has 0 aliphatic carbocycles. The van der Waals surface area contributed by atoms with E-state index in [9.17, 15) is 9.59 Å². The second-order valence-electron chi connectivity index (χ2n) is 6.12. The SMILES string of the molecule is NC(=O)[C@H](CCc1ccccc1)NC(=O)[C@@H](N)CCc1ccccc1. The van der Waals surface area contributed by atoms with E-state index in [1.807, 2.05) is 60.7 Å².